The van der Waals surface area contributed by atoms with Crippen molar-refractivity contribution in [3.05, 3.63) is 47.3 Å². The molecule has 8 heteroatoms. The van der Waals surface area contributed by atoms with Crippen molar-refractivity contribution in [2.45, 2.75) is 13.3 Å². The van der Waals surface area contributed by atoms with Gasteiger partial charge in [-0.1, -0.05) is 6.07 Å². The summed E-state index contributed by atoms with van der Waals surface area (Å²) >= 11 is 1.80. The smallest absolute Gasteiger partial charge is 0.411 e. The van der Waals surface area contributed by atoms with Crippen LogP contribution in [0.4, 0.5) is 16.2 Å². The molecule has 7 nitrogen and oxygen atoms in total. The molecule has 1 aromatic heterocycles. The lowest BCUT2D eigenvalue weighted by Crippen LogP contribution is -2.46. The summed E-state index contributed by atoms with van der Waals surface area (Å²) in [6.07, 6.45) is 0.419. The number of rotatable bonds is 8. The SMILES string of the molecule is COC(=O)Nc1cc(C)c(OCCCN2CCN(c3cccc4sccc34)CC2)c(OC)c1. The molecular formula is C25H31N3O4S. The maximum atomic E-state index is 11.5. The quantitative estimate of drug-likeness (QED) is 0.469. The monoisotopic (exact) mass is 469 g/mol. The Balaban J connectivity index is 1.25. The van der Waals surface area contributed by atoms with E-state index in [1.54, 1.807) is 24.5 Å². The number of anilines is 2. The number of piperazine rings is 1. The van der Waals surface area contributed by atoms with Crippen LogP contribution < -0.4 is 19.7 Å². The van der Waals surface area contributed by atoms with E-state index < -0.39 is 6.09 Å². The third kappa shape index (κ3) is 5.51. The molecule has 0 unspecified atom stereocenters. The number of fused-ring (bicyclic) bond motifs is 1. The van der Waals surface area contributed by atoms with Crippen LogP contribution in [-0.2, 0) is 4.74 Å². The second-order valence-corrected chi connectivity index (χ2v) is 9.03. The highest BCUT2D eigenvalue weighted by Crippen LogP contribution is 2.35. The van der Waals surface area contributed by atoms with E-state index in [1.165, 1.54) is 22.9 Å². The number of nitrogens with one attached hydrogen (secondary N) is 1. The predicted molar refractivity (Wildman–Crippen MR) is 134 cm³/mol. The van der Waals surface area contributed by atoms with Crippen molar-refractivity contribution < 1.29 is 19.0 Å². The molecule has 1 aliphatic rings. The van der Waals surface area contributed by atoms with E-state index >= 15 is 0 Å². The zero-order valence-electron chi connectivity index (χ0n) is 19.4. The van der Waals surface area contributed by atoms with Gasteiger partial charge in [0.15, 0.2) is 11.5 Å². The topological polar surface area (TPSA) is 63.3 Å². The highest BCUT2D eigenvalue weighted by molar-refractivity contribution is 7.17. The Morgan fingerprint density at radius 1 is 1.12 bits per heavy atom. The Labute approximate surface area is 198 Å². The number of hydrogen-bond acceptors (Lipinski definition) is 7. The first-order valence-corrected chi connectivity index (χ1v) is 12.1. The minimum atomic E-state index is -0.516. The number of benzene rings is 2. The number of thiophene rings is 1. The lowest BCUT2D eigenvalue weighted by atomic mass is 10.1. The summed E-state index contributed by atoms with van der Waals surface area (Å²) in [5.74, 6) is 1.30. The standard InChI is InChI=1S/C25H31N3O4S/c1-18-16-19(26-25(29)31-3)17-22(30-2)24(18)32-14-5-9-27-10-12-28(13-11-27)21-6-4-7-23-20(21)8-15-33-23/h4,6-8,15-17H,5,9-14H2,1-3H3,(H,26,29). The highest BCUT2D eigenvalue weighted by atomic mass is 32.1. The van der Waals surface area contributed by atoms with E-state index in [1.807, 2.05) is 13.0 Å². The van der Waals surface area contributed by atoms with Crippen LogP contribution in [0.15, 0.2) is 41.8 Å². The van der Waals surface area contributed by atoms with E-state index in [-0.39, 0.29) is 0 Å². The van der Waals surface area contributed by atoms with Crippen molar-refractivity contribution in [2.24, 2.45) is 0 Å². The number of methoxy groups -OCH3 is 2. The average Bonchev–Trinajstić information content (AvgIpc) is 3.32. The molecule has 0 spiro atoms. The van der Waals surface area contributed by atoms with E-state index in [0.717, 1.165) is 44.7 Å². The Morgan fingerprint density at radius 3 is 2.70 bits per heavy atom. The fourth-order valence-electron chi connectivity index (χ4n) is 4.25. The first kappa shape index (κ1) is 23.2. The molecule has 0 atom stereocenters. The second-order valence-electron chi connectivity index (χ2n) is 8.08. The molecule has 176 valence electrons. The molecule has 33 heavy (non-hydrogen) atoms. The zero-order valence-corrected chi connectivity index (χ0v) is 20.2. The number of carbonyl (C=O) groups excluding carboxylic acids is 1. The van der Waals surface area contributed by atoms with Crippen LogP contribution >= 0.6 is 11.3 Å². The lowest BCUT2D eigenvalue weighted by molar-refractivity contribution is 0.187. The van der Waals surface area contributed by atoms with Gasteiger partial charge in [-0.15, -0.1) is 11.3 Å². The van der Waals surface area contributed by atoms with Gasteiger partial charge in [0, 0.05) is 60.3 Å². The molecule has 1 fully saturated rings. The molecule has 0 bridgehead atoms. The Kier molecular flexibility index (Phi) is 7.57. The highest BCUT2D eigenvalue weighted by Gasteiger charge is 2.19. The largest absolute Gasteiger partial charge is 0.493 e. The normalized spacial score (nSPS) is 14.3. The van der Waals surface area contributed by atoms with Crippen molar-refractivity contribution in [2.75, 3.05) is 63.8 Å². The Morgan fingerprint density at radius 2 is 1.94 bits per heavy atom. The predicted octanol–water partition coefficient (Wildman–Crippen LogP) is 4.99. The van der Waals surface area contributed by atoms with Crippen LogP contribution in [0.5, 0.6) is 11.5 Å². The average molecular weight is 470 g/mol. The number of amides is 1. The van der Waals surface area contributed by atoms with Gasteiger partial charge < -0.3 is 19.1 Å². The van der Waals surface area contributed by atoms with Crippen molar-refractivity contribution in [3.63, 3.8) is 0 Å². The van der Waals surface area contributed by atoms with Gasteiger partial charge in [0.2, 0.25) is 0 Å². The molecule has 0 saturated carbocycles. The maximum absolute atomic E-state index is 11.5. The fourth-order valence-corrected chi connectivity index (χ4v) is 5.06. The molecule has 1 N–H and O–H groups in total. The van der Waals surface area contributed by atoms with Crippen molar-refractivity contribution >= 4 is 38.9 Å². The third-order valence-electron chi connectivity index (χ3n) is 5.94. The second kappa shape index (κ2) is 10.8. The van der Waals surface area contributed by atoms with Gasteiger partial charge in [0.1, 0.15) is 0 Å². The van der Waals surface area contributed by atoms with Crippen LogP contribution in [0.2, 0.25) is 0 Å². The van der Waals surface area contributed by atoms with Gasteiger partial charge in [-0.2, -0.15) is 0 Å². The van der Waals surface area contributed by atoms with Crippen molar-refractivity contribution in [1.82, 2.24) is 4.90 Å². The Hall–Kier alpha value is -2.97. The number of carbonyl (C=O) groups is 1. The van der Waals surface area contributed by atoms with E-state index in [0.29, 0.717) is 23.8 Å². The summed E-state index contributed by atoms with van der Waals surface area (Å²) in [4.78, 5) is 16.5. The fraction of sp³-hybridized carbons (Fsp3) is 0.400. The van der Waals surface area contributed by atoms with Gasteiger partial charge >= 0.3 is 6.09 Å². The lowest BCUT2D eigenvalue weighted by Gasteiger charge is -2.36. The van der Waals surface area contributed by atoms with E-state index in [2.05, 4.69) is 49.5 Å². The van der Waals surface area contributed by atoms with Gasteiger partial charge in [0.25, 0.3) is 0 Å². The van der Waals surface area contributed by atoms with Crippen LogP contribution in [0.1, 0.15) is 12.0 Å². The molecule has 1 saturated heterocycles. The van der Waals surface area contributed by atoms with Crippen LogP contribution in [0.3, 0.4) is 0 Å². The number of aryl methyl sites for hydroxylation is 1. The van der Waals surface area contributed by atoms with Crippen molar-refractivity contribution in [3.8, 4) is 11.5 Å². The summed E-state index contributed by atoms with van der Waals surface area (Å²) in [6.45, 7) is 7.73. The summed E-state index contributed by atoms with van der Waals surface area (Å²) in [6, 6.07) is 12.4. The summed E-state index contributed by atoms with van der Waals surface area (Å²) in [5, 5.41) is 6.19. The minimum absolute atomic E-state index is 0.516. The third-order valence-corrected chi connectivity index (χ3v) is 6.83. The van der Waals surface area contributed by atoms with Gasteiger partial charge in [-0.3, -0.25) is 10.2 Å². The van der Waals surface area contributed by atoms with E-state index in [4.69, 9.17) is 9.47 Å². The van der Waals surface area contributed by atoms with Crippen LogP contribution in [-0.4, -0.2) is 64.5 Å². The molecule has 2 heterocycles. The molecular weight excluding hydrogens is 438 g/mol. The first-order chi connectivity index (χ1) is 16.1. The first-order valence-electron chi connectivity index (χ1n) is 11.2. The summed E-state index contributed by atoms with van der Waals surface area (Å²) < 4.78 is 17.5. The summed E-state index contributed by atoms with van der Waals surface area (Å²) in [5.41, 5.74) is 2.86. The number of ether oxygens (including phenoxy) is 3. The molecule has 3 aromatic rings. The van der Waals surface area contributed by atoms with Crippen molar-refractivity contribution in [1.29, 1.82) is 0 Å². The molecule has 1 aliphatic heterocycles. The van der Waals surface area contributed by atoms with Gasteiger partial charge in [0.05, 0.1) is 20.8 Å². The molecule has 1 amide bonds. The number of nitrogens with zero attached hydrogens (tertiary/aromatic N) is 2. The molecule has 0 aliphatic carbocycles. The van der Waals surface area contributed by atoms with Crippen LogP contribution in [0, 0.1) is 6.92 Å². The maximum Gasteiger partial charge on any atom is 0.411 e. The summed E-state index contributed by atoms with van der Waals surface area (Å²) in [7, 11) is 2.93. The van der Waals surface area contributed by atoms with Gasteiger partial charge in [-0.25, -0.2) is 4.79 Å². The number of hydrogen-bond donors (Lipinski definition) is 1. The van der Waals surface area contributed by atoms with Gasteiger partial charge in [-0.05, 0) is 48.6 Å². The molecule has 4 rings (SSSR count). The zero-order chi connectivity index (χ0) is 23.2. The molecule has 2 aromatic carbocycles. The van der Waals surface area contributed by atoms with E-state index in [9.17, 15) is 4.79 Å². The molecule has 0 radical (unpaired) electrons. The minimum Gasteiger partial charge on any atom is -0.493 e. The van der Waals surface area contributed by atoms with Crippen LogP contribution in [0.25, 0.3) is 10.1 Å². The Bertz CT molecular complexity index is 1090.